The summed E-state index contributed by atoms with van der Waals surface area (Å²) in [5.41, 5.74) is 2.52. The van der Waals surface area contributed by atoms with E-state index < -0.39 is 0 Å². The lowest BCUT2D eigenvalue weighted by Crippen LogP contribution is -2.28. The van der Waals surface area contributed by atoms with Crippen molar-refractivity contribution in [2.45, 2.75) is 45.3 Å². The molecule has 2 aliphatic rings. The predicted molar refractivity (Wildman–Crippen MR) is 75.7 cm³/mol. The van der Waals surface area contributed by atoms with Gasteiger partial charge < -0.3 is 15.0 Å². The number of ether oxygens (including phenoxy) is 1. The van der Waals surface area contributed by atoms with Crippen LogP contribution in [0.4, 0.5) is 11.4 Å². The Morgan fingerprint density at radius 1 is 1.33 bits per heavy atom. The summed E-state index contributed by atoms with van der Waals surface area (Å²) in [5.74, 6) is 0.995. The molecule has 1 saturated heterocycles. The van der Waals surface area contributed by atoms with Crippen molar-refractivity contribution >= 4 is 11.4 Å². The van der Waals surface area contributed by atoms with E-state index in [0.717, 1.165) is 12.3 Å². The molecule has 0 radical (unpaired) electrons. The van der Waals surface area contributed by atoms with Crippen molar-refractivity contribution in [3.63, 3.8) is 0 Å². The second-order valence-corrected chi connectivity index (χ2v) is 5.52. The third-order valence-electron chi connectivity index (χ3n) is 3.83. The molecule has 0 amide bonds. The normalized spacial score (nSPS) is 22.2. The number of para-hydroxylation sites is 1. The van der Waals surface area contributed by atoms with Crippen LogP contribution < -0.4 is 15.0 Å². The van der Waals surface area contributed by atoms with Crippen LogP contribution in [0.25, 0.3) is 0 Å². The summed E-state index contributed by atoms with van der Waals surface area (Å²) >= 11 is 0. The molecule has 3 rings (SSSR count). The molecular formula is C15H22N2O. The highest BCUT2D eigenvalue weighted by Gasteiger charge is 2.29. The van der Waals surface area contributed by atoms with Crippen LogP contribution >= 0.6 is 0 Å². The summed E-state index contributed by atoms with van der Waals surface area (Å²) in [6, 6.07) is 7.12. The maximum Gasteiger partial charge on any atom is 0.144 e. The van der Waals surface area contributed by atoms with Crippen molar-refractivity contribution < 1.29 is 4.74 Å². The quantitative estimate of drug-likeness (QED) is 0.867. The Morgan fingerprint density at radius 3 is 3.06 bits per heavy atom. The van der Waals surface area contributed by atoms with E-state index >= 15 is 0 Å². The molecule has 1 atom stereocenters. The zero-order valence-electron chi connectivity index (χ0n) is 11.3. The third kappa shape index (κ3) is 2.02. The SMILES string of the molecule is CC(C)Oc1cccc2c1NCCC1CCCN21. The first-order chi connectivity index (χ1) is 8.75. The van der Waals surface area contributed by atoms with Crippen molar-refractivity contribution in [1.29, 1.82) is 0 Å². The Labute approximate surface area is 109 Å². The fourth-order valence-electron chi connectivity index (χ4n) is 3.11. The first-order valence-corrected chi connectivity index (χ1v) is 7.06. The Bertz CT molecular complexity index is 431. The Morgan fingerprint density at radius 2 is 2.22 bits per heavy atom. The van der Waals surface area contributed by atoms with Crippen molar-refractivity contribution in [3.8, 4) is 5.75 Å². The number of anilines is 2. The molecule has 1 unspecified atom stereocenters. The van der Waals surface area contributed by atoms with Crippen LogP contribution in [0.15, 0.2) is 18.2 Å². The molecule has 0 bridgehead atoms. The molecule has 18 heavy (non-hydrogen) atoms. The van der Waals surface area contributed by atoms with E-state index in [-0.39, 0.29) is 6.10 Å². The maximum absolute atomic E-state index is 5.93. The highest BCUT2D eigenvalue weighted by molar-refractivity contribution is 5.78. The van der Waals surface area contributed by atoms with Gasteiger partial charge in [0.1, 0.15) is 11.4 Å². The molecule has 1 fully saturated rings. The number of hydrogen-bond acceptors (Lipinski definition) is 3. The topological polar surface area (TPSA) is 24.5 Å². The summed E-state index contributed by atoms with van der Waals surface area (Å²) < 4.78 is 5.93. The van der Waals surface area contributed by atoms with Gasteiger partial charge in [0, 0.05) is 19.1 Å². The molecule has 3 heteroatoms. The number of nitrogens with one attached hydrogen (secondary N) is 1. The Balaban J connectivity index is 1.99. The lowest BCUT2D eigenvalue weighted by atomic mass is 10.1. The fraction of sp³-hybridized carbons (Fsp3) is 0.600. The van der Waals surface area contributed by atoms with Gasteiger partial charge in [0.05, 0.1) is 11.8 Å². The minimum Gasteiger partial charge on any atom is -0.489 e. The first-order valence-electron chi connectivity index (χ1n) is 7.06. The van der Waals surface area contributed by atoms with Crippen molar-refractivity contribution in [2.75, 3.05) is 23.3 Å². The molecule has 0 aromatic heterocycles. The molecule has 0 saturated carbocycles. The average molecular weight is 246 g/mol. The number of fused-ring (bicyclic) bond motifs is 3. The molecule has 0 aliphatic carbocycles. The van der Waals surface area contributed by atoms with Crippen molar-refractivity contribution in [3.05, 3.63) is 18.2 Å². The Kier molecular flexibility index (Phi) is 3.06. The smallest absolute Gasteiger partial charge is 0.144 e. The lowest BCUT2D eigenvalue weighted by molar-refractivity contribution is 0.244. The van der Waals surface area contributed by atoms with E-state index in [9.17, 15) is 0 Å². The van der Waals surface area contributed by atoms with Gasteiger partial charge in [-0.1, -0.05) is 6.07 Å². The summed E-state index contributed by atoms with van der Waals surface area (Å²) in [4.78, 5) is 2.56. The van der Waals surface area contributed by atoms with Gasteiger partial charge in [-0.25, -0.2) is 0 Å². The van der Waals surface area contributed by atoms with Gasteiger partial charge in [0.15, 0.2) is 0 Å². The minimum absolute atomic E-state index is 0.218. The first kappa shape index (κ1) is 11.7. The van der Waals surface area contributed by atoms with E-state index in [2.05, 4.69) is 42.3 Å². The number of nitrogens with zero attached hydrogens (tertiary/aromatic N) is 1. The largest absolute Gasteiger partial charge is 0.489 e. The van der Waals surface area contributed by atoms with Gasteiger partial charge in [-0.05, 0) is 45.2 Å². The molecule has 1 aromatic rings. The van der Waals surface area contributed by atoms with E-state index in [4.69, 9.17) is 4.74 Å². The summed E-state index contributed by atoms with van der Waals surface area (Å²) in [7, 11) is 0. The second-order valence-electron chi connectivity index (χ2n) is 5.52. The Hall–Kier alpha value is -1.38. The lowest BCUT2D eigenvalue weighted by Gasteiger charge is -2.26. The predicted octanol–water partition coefficient (Wildman–Crippen LogP) is 3.26. The molecule has 1 aromatic carbocycles. The monoisotopic (exact) mass is 246 g/mol. The van der Waals surface area contributed by atoms with Gasteiger partial charge in [-0.15, -0.1) is 0 Å². The molecular weight excluding hydrogens is 224 g/mol. The van der Waals surface area contributed by atoms with Gasteiger partial charge in [0.2, 0.25) is 0 Å². The highest BCUT2D eigenvalue weighted by atomic mass is 16.5. The summed E-state index contributed by atoms with van der Waals surface area (Å²) in [5, 5.41) is 3.56. The van der Waals surface area contributed by atoms with Crippen LogP contribution in [0.1, 0.15) is 33.1 Å². The van der Waals surface area contributed by atoms with Crippen molar-refractivity contribution in [1.82, 2.24) is 0 Å². The molecule has 2 heterocycles. The maximum atomic E-state index is 5.93. The van der Waals surface area contributed by atoms with Crippen LogP contribution in [0.2, 0.25) is 0 Å². The number of rotatable bonds is 2. The number of benzene rings is 1. The number of hydrogen-bond donors (Lipinski definition) is 1. The van der Waals surface area contributed by atoms with E-state index in [1.807, 2.05) is 0 Å². The molecule has 3 nitrogen and oxygen atoms in total. The minimum atomic E-state index is 0.218. The second kappa shape index (κ2) is 4.71. The summed E-state index contributed by atoms with van der Waals surface area (Å²) in [6.45, 7) is 6.39. The van der Waals surface area contributed by atoms with E-state index in [1.165, 1.54) is 37.2 Å². The molecule has 98 valence electrons. The van der Waals surface area contributed by atoms with Crippen LogP contribution in [0.3, 0.4) is 0 Å². The van der Waals surface area contributed by atoms with Crippen LogP contribution in [-0.2, 0) is 0 Å². The molecule has 1 N–H and O–H groups in total. The highest BCUT2D eigenvalue weighted by Crippen LogP contribution is 2.41. The van der Waals surface area contributed by atoms with Gasteiger partial charge in [0.25, 0.3) is 0 Å². The van der Waals surface area contributed by atoms with E-state index in [0.29, 0.717) is 6.04 Å². The molecule has 2 aliphatic heterocycles. The molecule has 0 spiro atoms. The third-order valence-corrected chi connectivity index (χ3v) is 3.83. The van der Waals surface area contributed by atoms with Crippen LogP contribution in [-0.4, -0.2) is 25.2 Å². The standard InChI is InChI=1S/C15H22N2O/c1-11(2)18-14-7-3-6-13-15(14)16-9-8-12-5-4-10-17(12)13/h3,6-7,11-12,16H,4-5,8-10H2,1-2H3. The van der Waals surface area contributed by atoms with Gasteiger partial charge in [-0.2, -0.15) is 0 Å². The fourth-order valence-corrected chi connectivity index (χ4v) is 3.11. The summed E-state index contributed by atoms with van der Waals surface area (Å²) in [6.07, 6.45) is 4.10. The van der Waals surface area contributed by atoms with Crippen LogP contribution in [0.5, 0.6) is 5.75 Å². The van der Waals surface area contributed by atoms with Gasteiger partial charge in [-0.3, -0.25) is 0 Å². The van der Waals surface area contributed by atoms with Gasteiger partial charge >= 0.3 is 0 Å². The van der Waals surface area contributed by atoms with Crippen LogP contribution in [0, 0.1) is 0 Å². The zero-order valence-corrected chi connectivity index (χ0v) is 11.3. The van der Waals surface area contributed by atoms with E-state index in [1.54, 1.807) is 0 Å². The zero-order chi connectivity index (χ0) is 12.5. The average Bonchev–Trinajstić information content (AvgIpc) is 2.72. The van der Waals surface area contributed by atoms with Crippen molar-refractivity contribution in [2.24, 2.45) is 0 Å².